The summed E-state index contributed by atoms with van der Waals surface area (Å²) in [6.45, 7) is 0.343. The topological polar surface area (TPSA) is 55.0 Å². The molecule has 0 aliphatic heterocycles. The van der Waals surface area contributed by atoms with Gasteiger partial charge in [-0.05, 0) is 40.3 Å². The summed E-state index contributed by atoms with van der Waals surface area (Å²) in [6, 6.07) is 7.93. The van der Waals surface area contributed by atoms with Crippen molar-refractivity contribution in [1.29, 1.82) is 0 Å². The zero-order valence-electron chi connectivity index (χ0n) is 10.2. The highest BCUT2D eigenvalue weighted by atomic mass is 127. The van der Waals surface area contributed by atoms with E-state index in [1.165, 1.54) is 0 Å². The summed E-state index contributed by atoms with van der Waals surface area (Å²) in [7, 11) is 1.59. The Morgan fingerprint density at radius 2 is 2.05 bits per heavy atom. The molecule has 0 fully saturated rings. The van der Waals surface area contributed by atoms with Crippen LogP contribution in [0.25, 0.3) is 0 Å². The molecule has 0 saturated carbocycles. The number of rotatable bonds is 4. The van der Waals surface area contributed by atoms with E-state index in [-0.39, 0.29) is 5.56 Å². The molecule has 100 valence electrons. The molecular formula is C13H12BrIN2O2. The number of hydrogen-bond donors (Lipinski definition) is 1. The van der Waals surface area contributed by atoms with E-state index in [1.54, 1.807) is 7.11 Å². The van der Waals surface area contributed by atoms with Crippen LogP contribution < -0.4 is 5.56 Å². The molecule has 19 heavy (non-hydrogen) atoms. The van der Waals surface area contributed by atoms with E-state index in [2.05, 4.69) is 25.9 Å². The standard InChI is InChI=1S/C13H12BrIN2O2/c1-19-7-10-12(15)13(18)17-11(16-10)6-8-2-4-9(14)5-3-8/h2-5H,6-7H2,1H3,(H,16,17,18). The number of ether oxygens (including phenoxy) is 1. The van der Waals surface area contributed by atoms with E-state index in [9.17, 15) is 4.79 Å². The second-order valence-corrected chi connectivity index (χ2v) is 6.00. The summed E-state index contributed by atoms with van der Waals surface area (Å²) in [4.78, 5) is 19.1. The summed E-state index contributed by atoms with van der Waals surface area (Å²) in [6.07, 6.45) is 0.593. The number of methoxy groups -OCH3 is 1. The van der Waals surface area contributed by atoms with Crippen LogP contribution in [0.2, 0.25) is 0 Å². The van der Waals surface area contributed by atoms with E-state index in [4.69, 9.17) is 4.74 Å². The van der Waals surface area contributed by atoms with Crippen molar-refractivity contribution in [2.75, 3.05) is 7.11 Å². The van der Waals surface area contributed by atoms with Gasteiger partial charge in [0.25, 0.3) is 5.56 Å². The lowest BCUT2D eigenvalue weighted by Crippen LogP contribution is -2.18. The molecule has 2 aromatic rings. The number of nitrogens with one attached hydrogen (secondary N) is 1. The van der Waals surface area contributed by atoms with Crippen molar-refractivity contribution in [1.82, 2.24) is 9.97 Å². The average Bonchev–Trinajstić information content (AvgIpc) is 2.38. The highest BCUT2D eigenvalue weighted by molar-refractivity contribution is 14.1. The van der Waals surface area contributed by atoms with Crippen molar-refractivity contribution in [3.05, 3.63) is 59.7 Å². The maximum atomic E-state index is 11.8. The summed E-state index contributed by atoms with van der Waals surface area (Å²) < 4.78 is 6.67. The summed E-state index contributed by atoms with van der Waals surface area (Å²) in [5.41, 5.74) is 1.66. The number of H-pyrrole nitrogens is 1. The molecule has 4 nitrogen and oxygen atoms in total. The van der Waals surface area contributed by atoms with Gasteiger partial charge in [0, 0.05) is 18.0 Å². The molecule has 0 unspecified atom stereocenters. The minimum Gasteiger partial charge on any atom is -0.378 e. The van der Waals surface area contributed by atoms with Crippen molar-refractivity contribution in [3.8, 4) is 0 Å². The molecule has 0 aliphatic carbocycles. The number of hydrogen-bond acceptors (Lipinski definition) is 3. The first kappa shape index (κ1) is 14.7. The lowest BCUT2D eigenvalue weighted by molar-refractivity contribution is 0.180. The molecule has 0 amide bonds. The largest absolute Gasteiger partial charge is 0.378 e. The van der Waals surface area contributed by atoms with E-state index >= 15 is 0 Å². The predicted molar refractivity (Wildman–Crippen MR) is 85.2 cm³/mol. The van der Waals surface area contributed by atoms with Crippen LogP contribution in [0, 0.1) is 3.57 Å². The first-order valence-electron chi connectivity index (χ1n) is 5.61. The highest BCUT2D eigenvalue weighted by Crippen LogP contribution is 2.13. The molecule has 0 saturated heterocycles. The number of benzene rings is 1. The van der Waals surface area contributed by atoms with Crippen LogP contribution in [0.1, 0.15) is 17.1 Å². The van der Waals surface area contributed by atoms with Crippen LogP contribution in [0.15, 0.2) is 33.5 Å². The Hall–Kier alpha value is -0.730. The Bertz CT molecular complexity index is 626. The highest BCUT2D eigenvalue weighted by Gasteiger charge is 2.09. The van der Waals surface area contributed by atoms with Gasteiger partial charge in [-0.15, -0.1) is 0 Å². The molecule has 6 heteroatoms. The quantitative estimate of drug-likeness (QED) is 0.753. The van der Waals surface area contributed by atoms with Gasteiger partial charge in [0.15, 0.2) is 0 Å². The van der Waals surface area contributed by atoms with Crippen LogP contribution in [-0.2, 0) is 17.8 Å². The molecule has 0 spiro atoms. The van der Waals surface area contributed by atoms with Gasteiger partial charge in [0.05, 0.1) is 12.3 Å². The first-order valence-corrected chi connectivity index (χ1v) is 7.48. The van der Waals surface area contributed by atoms with E-state index < -0.39 is 0 Å². The van der Waals surface area contributed by atoms with Gasteiger partial charge in [0.2, 0.25) is 0 Å². The van der Waals surface area contributed by atoms with Gasteiger partial charge in [-0.25, -0.2) is 4.98 Å². The minimum absolute atomic E-state index is 0.116. The van der Waals surface area contributed by atoms with E-state index in [0.717, 1.165) is 10.0 Å². The second-order valence-electron chi connectivity index (χ2n) is 4.01. The third-order valence-electron chi connectivity index (χ3n) is 2.55. The number of nitrogens with zero attached hydrogens (tertiary/aromatic N) is 1. The zero-order chi connectivity index (χ0) is 13.8. The van der Waals surface area contributed by atoms with Gasteiger partial charge in [0.1, 0.15) is 9.39 Å². The van der Waals surface area contributed by atoms with Gasteiger partial charge in [-0.1, -0.05) is 28.1 Å². The maximum absolute atomic E-state index is 11.8. The van der Waals surface area contributed by atoms with E-state index in [1.807, 2.05) is 46.9 Å². The Labute approximate surface area is 132 Å². The van der Waals surface area contributed by atoms with Crippen molar-refractivity contribution in [2.45, 2.75) is 13.0 Å². The van der Waals surface area contributed by atoms with Crippen LogP contribution >= 0.6 is 38.5 Å². The van der Waals surface area contributed by atoms with Crippen LogP contribution in [0.4, 0.5) is 0 Å². The Morgan fingerprint density at radius 3 is 2.68 bits per heavy atom. The molecule has 0 radical (unpaired) electrons. The third kappa shape index (κ3) is 3.87. The second kappa shape index (κ2) is 6.62. The Morgan fingerprint density at radius 1 is 1.37 bits per heavy atom. The van der Waals surface area contributed by atoms with Crippen LogP contribution in [0.3, 0.4) is 0 Å². The van der Waals surface area contributed by atoms with E-state index in [0.29, 0.717) is 28.1 Å². The monoisotopic (exact) mass is 434 g/mol. The summed E-state index contributed by atoms with van der Waals surface area (Å²) in [5, 5.41) is 0. The third-order valence-corrected chi connectivity index (χ3v) is 4.19. The van der Waals surface area contributed by atoms with Crippen LogP contribution in [-0.4, -0.2) is 17.1 Å². The van der Waals surface area contributed by atoms with Gasteiger partial charge in [-0.3, -0.25) is 4.79 Å². The van der Waals surface area contributed by atoms with Crippen molar-refractivity contribution < 1.29 is 4.74 Å². The number of aromatic nitrogens is 2. The normalized spacial score (nSPS) is 10.7. The Kier molecular flexibility index (Phi) is 5.12. The van der Waals surface area contributed by atoms with Gasteiger partial charge in [-0.2, -0.15) is 0 Å². The first-order chi connectivity index (χ1) is 9.10. The lowest BCUT2D eigenvalue weighted by Gasteiger charge is -2.06. The molecule has 0 aliphatic rings. The number of halogens is 2. The fourth-order valence-corrected chi connectivity index (χ4v) is 2.34. The molecule has 1 heterocycles. The summed E-state index contributed by atoms with van der Waals surface area (Å²) >= 11 is 5.38. The fraction of sp³-hybridized carbons (Fsp3) is 0.231. The molecular weight excluding hydrogens is 423 g/mol. The number of aromatic amines is 1. The van der Waals surface area contributed by atoms with Crippen molar-refractivity contribution in [3.63, 3.8) is 0 Å². The Balaban J connectivity index is 2.30. The molecule has 0 atom stereocenters. The minimum atomic E-state index is -0.116. The molecule has 1 aromatic heterocycles. The molecule has 1 N–H and O–H groups in total. The fourth-order valence-electron chi connectivity index (χ4n) is 1.67. The smallest absolute Gasteiger partial charge is 0.264 e. The predicted octanol–water partition coefficient (Wildman–Crippen LogP) is 2.87. The van der Waals surface area contributed by atoms with Crippen LogP contribution in [0.5, 0.6) is 0 Å². The molecule has 0 bridgehead atoms. The average molecular weight is 435 g/mol. The summed E-state index contributed by atoms with van der Waals surface area (Å²) in [5.74, 6) is 0.653. The molecule has 1 aromatic carbocycles. The maximum Gasteiger partial charge on any atom is 0.264 e. The van der Waals surface area contributed by atoms with Crippen molar-refractivity contribution in [2.24, 2.45) is 0 Å². The molecule has 2 rings (SSSR count). The zero-order valence-corrected chi connectivity index (χ0v) is 14.0. The van der Waals surface area contributed by atoms with Crippen molar-refractivity contribution >= 4 is 38.5 Å². The lowest BCUT2D eigenvalue weighted by atomic mass is 10.1. The SMILES string of the molecule is COCc1nc(Cc2ccc(Br)cc2)[nH]c(=O)c1I. The van der Waals surface area contributed by atoms with Gasteiger partial charge < -0.3 is 9.72 Å². The van der Waals surface area contributed by atoms with Gasteiger partial charge >= 0.3 is 0 Å².